The van der Waals surface area contributed by atoms with E-state index >= 15 is 0 Å². The van der Waals surface area contributed by atoms with Crippen molar-refractivity contribution in [3.05, 3.63) is 58.5 Å². The summed E-state index contributed by atoms with van der Waals surface area (Å²) in [5.41, 5.74) is 0.0592. The quantitative estimate of drug-likeness (QED) is 0.369. The van der Waals surface area contributed by atoms with E-state index in [-0.39, 0.29) is 24.0 Å². The molecule has 0 saturated heterocycles. The number of nitrogens with one attached hydrogen (secondary N) is 1. The van der Waals surface area contributed by atoms with Gasteiger partial charge in [0.2, 0.25) is 0 Å². The van der Waals surface area contributed by atoms with Crippen molar-refractivity contribution in [2.75, 3.05) is 20.6 Å². The SMILES string of the molecule is CN=C(NCC(C)(O)c1ccco1)N(C)Cc1ccccc1Br.I. The minimum absolute atomic E-state index is 0. The minimum atomic E-state index is -1.10. The Morgan fingerprint density at radius 1 is 1.33 bits per heavy atom. The molecular formula is C17H23BrIN3O2. The lowest BCUT2D eigenvalue weighted by atomic mass is 10.0. The van der Waals surface area contributed by atoms with E-state index in [0.717, 1.165) is 10.0 Å². The number of furan rings is 1. The Balaban J connectivity index is 0.00000288. The van der Waals surface area contributed by atoms with Crippen molar-refractivity contribution in [1.82, 2.24) is 10.2 Å². The van der Waals surface area contributed by atoms with Crippen molar-refractivity contribution in [1.29, 1.82) is 0 Å². The van der Waals surface area contributed by atoms with Gasteiger partial charge in [-0.25, -0.2) is 0 Å². The van der Waals surface area contributed by atoms with Crippen molar-refractivity contribution in [2.24, 2.45) is 4.99 Å². The first-order valence-electron chi connectivity index (χ1n) is 7.35. The molecule has 2 rings (SSSR count). The van der Waals surface area contributed by atoms with Gasteiger partial charge in [0.05, 0.1) is 12.8 Å². The Morgan fingerprint density at radius 2 is 2.04 bits per heavy atom. The van der Waals surface area contributed by atoms with Crippen LogP contribution in [0.2, 0.25) is 0 Å². The maximum atomic E-state index is 10.5. The predicted molar refractivity (Wildman–Crippen MR) is 111 cm³/mol. The highest BCUT2D eigenvalue weighted by Gasteiger charge is 2.26. The fourth-order valence-corrected chi connectivity index (χ4v) is 2.68. The van der Waals surface area contributed by atoms with E-state index in [4.69, 9.17) is 4.42 Å². The van der Waals surface area contributed by atoms with Crippen molar-refractivity contribution in [2.45, 2.75) is 19.1 Å². The van der Waals surface area contributed by atoms with Crippen LogP contribution in [0, 0.1) is 0 Å². The molecule has 1 atom stereocenters. The molecule has 1 unspecified atom stereocenters. The third-order valence-electron chi connectivity index (χ3n) is 3.58. The smallest absolute Gasteiger partial charge is 0.193 e. The molecule has 0 aliphatic heterocycles. The highest BCUT2D eigenvalue weighted by atomic mass is 127. The van der Waals surface area contributed by atoms with Gasteiger partial charge in [-0.15, -0.1) is 24.0 Å². The maximum absolute atomic E-state index is 10.5. The predicted octanol–water partition coefficient (Wildman–Crippen LogP) is 3.58. The number of hydrogen-bond acceptors (Lipinski definition) is 3. The Bertz CT molecular complexity index is 660. The summed E-state index contributed by atoms with van der Waals surface area (Å²) in [4.78, 5) is 6.27. The topological polar surface area (TPSA) is 61.0 Å². The monoisotopic (exact) mass is 507 g/mol. The zero-order valence-corrected chi connectivity index (χ0v) is 17.9. The number of guanidine groups is 1. The number of hydrogen-bond donors (Lipinski definition) is 2. The van der Waals surface area contributed by atoms with Crippen molar-refractivity contribution >= 4 is 45.9 Å². The van der Waals surface area contributed by atoms with Crippen molar-refractivity contribution in [3.8, 4) is 0 Å². The van der Waals surface area contributed by atoms with E-state index in [9.17, 15) is 5.11 Å². The molecule has 0 spiro atoms. The molecule has 2 N–H and O–H groups in total. The van der Waals surface area contributed by atoms with Crippen LogP contribution in [0.3, 0.4) is 0 Å². The highest BCUT2D eigenvalue weighted by molar-refractivity contribution is 14.0. The van der Waals surface area contributed by atoms with Crippen molar-refractivity contribution < 1.29 is 9.52 Å². The van der Waals surface area contributed by atoms with E-state index in [1.165, 1.54) is 0 Å². The fraction of sp³-hybridized carbons (Fsp3) is 0.353. The second kappa shape index (κ2) is 9.43. The lowest BCUT2D eigenvalue weighted by molar-refractivity contribution is 0.0381. The fourth-order valence-electron chi connectivity index (χ4n) is 2.27. The molecule has 0 aliphatic rings. The molecule has 0 aliphatic carbocycles. The van der Waals surface area contributed by atoms with Crippen molar-refractivity contribution in [3.63, 3.8) is 0 Å². The molecule has 132 valence electrons. The van der Waals surface area contributed by atoms with E-state index in [0.29, 0.717) is 24.8 Å². The molecule has 0 bridgehead atoms. The van der Waals surface area contributed by atoms with Gasteiger partial charge in [0, 0.05) is 25.1 Å². The summed E-state index contributed by atoms with van der Waals surface area (Å²) >= 11 is 3.55. The van der Waals surface area contributed by atoms with Crippen LogP contribution in [0.5, 0.6) is 0 Å². The molecule has 1 aromatic heterocycles. The zero-order chi connectivity index (χ0) is 16.9. The lowest BCUT2D eigenvalue weighted by Crippen LogP contribution is -2.44. The van der Waals surface area contributed by atoms with Gasteiger partial charge in [0.15, 0.2) is 5.96 Å². The lowest BCUT2D eigenvalue weighted by Gasteiger charge is -2.27. The largest absolute Gasteiger partial charge is 0.466 e. The Labute approximate surface area is 168 Å². The summed E-state index contributed by atoms with van der Waals surface area (Å²) in [7, 11) is 3.68. The van der Waals surface area contributed by atoms with Gasteiger partial charge in [0.1, 0.15) is 11.4 Å². The van der Waals surface area contributed by atoms with E-state index in [1.807, 2.05) is 30.1 Å². The molecule has 5 nitrogen and oxygen atoms in total. The molecule has 0 radical (unpaired) electrons. The minimum Gasteiger partial charge on any atom is -0.466 e. The van der Waals surface area contributed by atoms with E-state index < -0.39 is 5.60 Å². The Morgan fingerprint density at radius 3 is 2.62 bits per heavy atom. The summed E-state index contributed by atoms with van der Waals surface area (Å²) in [6.07, 6.45) is 1.55. The van der Waals surface area contributed by atoms with Crippen LogP contribution in [-0.2, 0) is 12.1 Å². The van der Waals surface area contributed by atoms with Gasteiger partial charge in [0.25, 0.3) is 0 Å². The first kappa shape index (κ1) is 21.0. The molecule has 24 heavy (non-hydrogen) atoms. The van der Waals surface area contributed by atoms with Gasteiger partial charge in [-0.1, -0.05) is 34.1 Å². The molecular weight excluding hydrogens is 485 g/mol. The summed E-state index contributed by atoms with van der Waals surface area (Å²) in [5.74, 6) is 1.22. The number of aliphatic imine (C=N–C) groups is 1. The number of rotatable bonds is 5. The summed E-state index contributed by atoms with van der Waals surface area (Å²) in [5, 5.41) is 13.7. The normalized spacial score (nSPS) is 13.8. The van der Waals surface area contributed by atoms with Crippen LogP contribution in [0.1, 0.15) is 18.2 Å². The highest BCUT2D eigenvalue weighted by Crippen LogP contribution is 2.20. The average molecular weight is 508 g/mol. The maximum Gasteiger partial charge on any atom is 0.193 e. The standard InChI is InChI=1S/C17H22BrN3O2.HI/c1-17(22,15-9-6-10-23-15)12-20-16(19-2)21(3)11-13-7-4-5-8-14(13)18;/h4-10,22H,11-12H2,1-3H3,(H,19,20);1H. The van der Waals surface area contributed by atoms with Crippen LogP contribution in [0.4, 0.5) is 0 Å². The van der Waals surface area contributed by atoms with E-state index in [1.54, 1.807) is 32.4 Å². The second-order valence-electron chi connectivity index (χ2n) is 5.60. The number of benzene rings is 1. The van der Waals surface area contributed by atoms with Gasteiger partial charge < -0.3 is 19.7 Å². The molecule has 0 fully saturated rings. The molecule has 1 heterocycles. The Hall–Kier alpha value is -1.06. The summed E-state index contributed by atoms with van der Waals surface area (Å²) in [6.45, 7) is 2.71. The molecule has 1 aromatic carbocycles. The van der Waals surface area contributed by atoms with Crippen LogP contribution < -0.4 is 5.32 Å². The van der Waals surface area contributed by atoms with Gasteiger partial charge in [-0.05, 0) is 30.7 Å². The number of aliphatic hydroxyl groups is 1. The van der Waals surface area contributed by atoms with Crippen LogP contribution in [0.25, 0.3) is 0 Å². The summed E-state index contributed by atoms with van der Waals surface area (Å²) in [6, 6.07) is 11.6. The first-order chi connectivity index (χ1) is 10.9. The third-order valence-corrected chi connectivity index (χ3v) is 4.36. The summed E-state index contributed by atoms with van der Waals surface area (Å²) < 4.78 is 6.35. The van der Waals surface area contributed by atoms with E-state index in [2.05, 4.69) is 32.3 Å². The van der Waals surface area contributed by atoms with Gasteiger partial charge in [-0.2, -0.15) is 0 Å². The molecule has 0 saturated carbocycles. The van der Waals surface area contributed by atoms with Crippen LogP contribution >= 0.6 is 39.9 Å². The molecule has 7 heteroatoms. The Kier molecular flexibility index (Phi) is 8.24. The van der Waals surface area contributed by atoms with Gasteiger partial charge >= 0.3 is 0 Å². The number of halogens is 2. The van der Waals surface area contributed by atoms with Gasteiger partial charge in [-0.3, -0.25) is 4.99 Å². The van der Waals surface area contributed by atoms with Crippen LogP contribution in [-0.4, -0.2) is 36.6 Å². The average Bonchev–Trinajstić information content (AvgIpc) is 3.05. The third kappa shape index (κ3) is 5.49. The molecule has 0 amide bonds. The number of nitrogens with zero attached hydrogens (tertiary/aromatic N) is 2. The molecule has 2 aromatic rings. The van der Waals surface area contributed by atoms with Crippen LogP contribution in [0.15, 0.2) is 56.5 Å². The first-order valence-corrected chi connectivity index (χ1v) is 8.15. The second-order valence-corrected chi connectivity index (χ2v) is 6.45. The zero-order valence-electron chi connectivity index (χ0n) is 14.0.